The monoisotopic (exact) mass is 200 g/mol. The molecular weight excluding hydrogens is 192 g/mol. The average molecular weight is 200 g/mol. The second-order valence-electron chi connectivity index (χ2n) is 3.20. The summed E-state index contributed by atoms with van der Waals surface area (Å²) in [6, 6.07) is 7.50. The molecule has 0 radical (unpaired) electrons. The molecule has 0 spiro atoms. The van der Waals surface area contributed by atoms with Gasteiger partial charge >= 0.3 is 0 Å². The smallest absolute Gasteiger partial charge is 0.172 e. The fourth-order valence-corrected chi connectivity index (χ4v) is 1.54. The highest BCUT2D eigenvalue weighted by atomic mass is 16.5. The lowest BCUT2D eigenvalue weighted by molar-refractivity contribution is 0.436. The zero-order chi connectivity index (χ0) is 10.3. The highest BCUT2D eigenvalue weighted by Crippen LogP contribution is 2.25. The van der Waals surface area contributed by atoms with Crippen molar-refractivity contribution in [2.45, 2.75) is 0 Å². The molecule has 0 fully saturated rings. The van der Waals surface area contributed by atoms with Gasteiger partial charge in [0.15, 0.2) is 11.6 Å². The van der Waals surface area contributed by atoms with Gasteiger partial charge in [-0.25, -0.2) is 4.52 Å². The van der Waals surface area contributed by atoms with E-state index >= 15 is 0 Å². The maximum atomic E-state index is 5.50. The van der Waals surface area contributed by atoms with E-state index < -0.39 is 0 Å². The van der Waals surface area contributed by atoms with E-state index in [0.717, 1.165) is 11.1 Å². The lowest BCUT2D eigenvalue weighted by Gasteiger charge is -1.92. The highest BCUT2D eigenvalue weighted by Gasteiger charge is 2.10. The van der Waals surface area contributed by atoms with Gasteiger partial charge in [-0.3, -0.25) is 0 Å². The second kappa shape index (κ2) is 2.84. The Morgan fingerprint density at radius 2 is 2.27 bits per heavy atom. The maximum absolute atomic E-state index is 5.50. The normalized spacial score (nSPS) is 10.9. The number of nitrogen functional groups attached to an aromatic ring is 1. The van der Waals surface area contributed by atoms with Crippen molar-refractivity contribution < 1.29 is 4.52 Å². The number of hydrogen-bond acceptors (Lipinski definition) is 4. The number of nitrogens with zero attached hydrogens (tertiary/aromatic N) is 3. The summed E-state index contributed by atoms with van der Waals surface area (Å²) in [6.07, 6.45) is 3.61. The zero-order valence-electron chi connectivity index (χ0n) is 7.79. The summed E-state index contributed by atoms with van der Waals surface area (Å²) in [5.74, 6) is 1.01. The van der Waals surface area contributed by atoms with E-state index in [4.69, 9.17) is 10.3 Å². The van der Waals surface area contributed by atoms with Gasteiger partial charge in [0.25, 0.3) is 0 Å². The quantitative estimate of drug-likeness (QED) is 0.647. The Labute approximate surface area is 85.1 Å². The van der Waals surface area contributed by atoms with Gasteiger partial charge in [0.2, 0.25) is 0 Å². The number of anilines is 1. The van der Waals surface area contributed by atoms with Gasteiger partial charge in [0.05, 0.1) is 17.3 Å². The molecule has 74 valence electrons. The van der Waals surface area contributed by atoms with Crippen molar-refractivity contribution in [3.63, 3.8) is 0 Å². The van der Waals surface area contributed by atoms with Gasteiger partial charge in [-0.15, -0.1) is 0 Å². The molecule has 0 amide bonds. The molecule has 3 heterocycles. The molecule has 5 heteroatoms. The standard InChI is InChI=1S/C10H8N4O/c11-10-5-9(15-13-10)7-6-12-14-4-2-1-3-8(7)14/h1-6H,(H2,11,13). The molecular formula is C10H8N4O. The number of fused-ring (bicyclic) bond motifs is 1. The second-order valence-corrected chi connectivity index (χ2v) is 3.20. The number of pyridine rings is 1. The van der Waals surface area contributed by atoms with E-state index in [0.29, 0.717) is 11.6 Å². The third-order valence-corrected chi connectivity index (χ3v) is 2.22. The van der Waals surface area contributed by atoms with Crippen LogP contribution in [0.1, 0.15) is 0 Å². The van der Waals surface area contributed by atoms with Crippen LogP contribution in [-0.4, -0.2) is 14.8 Å². The predicted molar refractivity (Wildman–Crippen MR) is 55.1 cm³/mol. The summed E-state index contributed by atoms with van der Waals surface area (Å²) in [4.78, 5) is 0. The average Bonchev–Trinajstić information content (AvgIpc) is 2.83. The third-order valence-electron chi connectivity index (χ3n) is 2.22. The fraction of sp³-hybridized carbons (Fsp3) is 0. The van der Waals surface area contributed by atoms with E-state index in [1.807, 2.05) is 24.4 Å². The Balaban J connectivity index is 2.27. The minimum absolute atomic E-state index is 0.375. The number of aromatic nitrogens is 3. The van der Waals surface area contributed by atoms with Crippen molar-refractivity contribution in [2.24, 2.45) is 0 Å². The van der Waals surface area contributed by atoms with Crippen LogP contribution in [0.5, 0.6) is 0 Å². The van der Waals surface area contributed by atoms with Crippen molar-refractivity contribution in [3.05, 3.63) is 36.7 Å². The SMILES string of the molecule is Nc1cc(-c2cnn3ccccc23)on1. The Hall–Kier alpha value is -2.30. The van der Waals surface area contributed by atoms with Crippen molar-refractivity contribution in [1.82, 2.24) is 14.8 Å². The first-order chi connectivity index (χ1) is 7.34. The highest BCUT2D eigenvalue weighted by molar-refractivity contribution is 5.77. The predicted octanol–water partition coefficient (Wildman–Crippen LogP) is 1.57. The van der Waals surface area contributed by atoms with Crippen molar-refractivity contribution in [3.8, 4) is 11.3 Å². The molecule has 3 rings (SSSR count). The minimum Gasteiger partial charge on any atom is -0.381 e. The van der Waals surface area contributed by atoms with Gasteiger partial charge < -0.3 is 10.3 Å². The summed E-state index contributed by atoms with van der Waals surface area (Å²) in [6.45, 7) is 0. The van der Waals surface area contributed by atoms with Crippen LogP contribution in [0.3, 0.4) is 0 Å². The van der Waals surface area contributed by atoms with Crippen LogP contribution in [0, 0.1) is 0 Å². The summed E-state index contributed by atoms with van der Waals surface area (Å²) < 4.78 is 6.86. The maximum Gasteiger partial charge on any atom is 0.172 e. The molecule has 0 saturated carbocycles. The Kier molecular flexibility index (Phi) is 1.53. The lowest BCUT2D eigenvalue weighted by atomic mass is 10.2. The number of hydrogen-bond donors (Lipinski definition) is 1. The van der Waals surface area contributed by atoms with Gasteiger partial charge in [-0.2, -0.15) is 5.10 Å². The molecule has 5 nitrogen and oxygen atoms in total. The van der Waals surface area contributed by atoms with E-state index in [1.54, 1.807) is 16.8 Å². The molecule has 0 bridgehead atoms. The summed E-state index contributed by atoms with van der Waals surface area (Å²) >= 11 is 0. The van der Waals surface area contributed by atoms with E-state index in [-0.39, 0.29) is 0 Å². The molecule has 0 atom stereocenters. The molecule has 0 aromatic carbocycles. The molecule has 3 aromatic rings. The molecule has 0 aliphatic heterocycles. The third kappa shape index (κ3) is 1.17. The fourth-order valence-electron chi connectivity index (χ4n) is 1.54. The number of nitrogens with two attached hydrogens (primary N) is 1. The summed E-state index contributed by atoms with van der Waals surface area (Å²) in [5, 5.41) is 7.84. The first kappa shape index (κ1) is 8.05. The Morgan fingerprint density at radius 1 is 1.33 bits per heavy atom. The van der Waals surface area contributed by atoms with Gasteiger partial charge in [0, 0.05) is 12.3 Å². The van der Waals surface area contributed by atoms with E-state index in [1.165, 1.54) is 0 Å². The van der Waals surface area contributed by atoms with Crippen LogP contribution in [0.25, 0.3) is 16.8 Å². The van der Waals surface area contributed by atoms with Crippen molar-refractivity contribution >= 4 is 11.3 Å². The van der Waals surface area contributed by atoms with Crippen molar-refractivity contribution in [2.75, 3.05) is 5.73 Å². The van der Waals surface area contributed by atoms with E-state index in [9.17, 15) is 0 Å². The van der Waals surface area contributed by atoms with Gasteiger partial charge in [-0.1, -0.05) is 11.2 Å². The summed E-state index contributed by atoms with van der Waals surface area (Å²) in [7, 11) is 0. The molecule has 2 N–H and O–H groups in total. The molecule has 0 aliphatic rings. The lowest BCUT2D eigenvalue weighted by Crippen LogP contribution is -1.83. The van der Waals surface area contributed by atoms with Crippen LogP contribution in [-0.2, 0) is 0 Å². The van der Waals surface area contributed by atoms with Crippen LogP contribution in [0.2, 0.25) is 0 Å². The Morgan fingerprint density at radius 3 is 3.07 bits per heavy atom. The topological polar surface area (TPSA) is 69.3 Å². The molecule has 3 aromatic heterocycles. The summed E-state index contributed by atoms with van der Waals surface area (Å²) in [5.41, 5.74) is 7.35. The molecule has 0 saturated heterocycles. The van der Waals surface area contributed by atoms with Crippen molar-refractivity contribution in [1.29, 1.82) is 0 Å². The van der Waals surface area contributed by atoms with E-state index in [2.05, 4.69) is 10.3 Å². The van der Waals surface area contributed by atoms with Crippen LogP contribution < -0.4 is 5.73 Å². The van der Waals surface area contributed by atoms with Gasteiger partial charge in [-0.05, 0) is 12.1 Å². The van der Waals surface area contributed by atoms with Gasteiger partial charge in [0.1, 0.15) is 0 Å². The number of rotatable bonds is 1. The van der Waals surface area contributed by atoms with Crippen LogP contribution in [0.4, 0.5) is 5.82 Å². The molecule has 0 aliphatic carbocycles. The molecule has 0 unspecified atom stereocenters. The van der Waals surface area contributed by atoms with Crippen LogP contribution in [0.15, 0.2) is 41.2 Å². The molecule has 15 heavy (non-hydrogen) atoms. The zero-order valence-corrected chi connectivity index (χ0v) is 7.79. The van der Waals surface area contributed by atoms with Crippen LogP contribution >= 0.6 is 0 Å². The first-order valence-corrected chi connectivity index (χ1v) is 4.49. The largest absolute Gasteiger partial charge is 0.381 e. The first-order valence-electron chi connectivity index (χ1n) is 4.49. The minimum atomic E-state index is 0.375. The Bertz CT molecular complexity index is 610.